The van der Waals surface area contributed by atoms with E-state index in [0.29, 0.717) is 49.6 Å². The number of amides is 1. The Bertz CT molecular complexity index is 844. The summed E-state index contributed by atoms with van der Waals surface area (Å²) >= 11 is 0. The van der Waals surface area contributed by atoms with E-state index in [1.165, 1.54) is 19.2 Å². The third-order valence-corrected chi connectivity index (χ3v) is 4.91. The Kier molecular flexibility index (Phi) is 5.93. The number of carbonyl (C=O) groups excluding carboxylic acids is 1. The second-order valence-electron chi connectivity index (χ2n) is 6.97. The van der Waals surface area contributed by atoms with Crippen LogP contribution >= 0.6 is 0 Å². The van der Waals surface area contributed by atoms with E-state index in [1.807, 2.05) is 19.1 Å². The number of nitrogens with zero attached hydrogens (tertiary/aromatic N) is 2. The molecule has 150 valence electrons. The molecule has 4 nitrogen and oxygen atoms in total. The van der Waals surface area contributed by atoms with Crippen LogP contribution in [0.5, 0.6) is 5.75 Å². The quantitative estimate of drug-likeness (QED) is 0.789. The van der Waals surface area contributed by atoms with E-state index in [1.54, 1.807) is 17.0 Å². The van der Waals surface area contributed by atoms with Crippen molar-refractivity contribution in [2.75, 3.05) is 33.3 Å². The summed E-state index contributed by atoms with van der Waals surface area (Å²) in [4.78, 5) is 16.7. The molecule has 0 unspecified atom stereocenters. The number of alkyl halides is 3. The molecular weight excluding hydrogens is 369 g/mol. The molecule has 1 aliphatic rings. The van der Waals surface area contributed by atoms with Gasteiger partial charge in [0.05, 0.1) is 18.2 Å². The summed E-state index contributed by atoms with van der Waals surface area (Å²) in [7, 11) is 1.54. The van der Waals surface area contributed by atoms with E-state index in [2.05, 4.69) is 4.90 Å². The van der Waals surface area contributed by atoms with Gasteiger partial charge >= 0.3 is 6.18 Å². The monoisotopic (exact) mass is 392 g/mol. The van der Waals surface area contributed by atoms with Crippen LogP contribution in [0, 0.1) is 6.92 Å². The van der Waals surface area contributed by atoms with Crippen molar-refractivity contribution in [2.24, 2.45) is 0 Å². The molecule has 1 aliphatic heterocycles. The second kappa shape index (κ2) is 8.22. The predicted octanol–water partition coefficient (Wildman–Crippen LogP) is 3.98. The normalized spacial score (nSPS) is 15.5. The molecule has 0 atom stereocenters. The third kappa shape index (κ3) is 4.65. The largest absolute Gasteiger partial charge is 0.496 e. The van der Waals surface area contributed by atoms with Gasteiger partial charge in [0.2, 0.25) is 0 Å². The molecule has 28 heavy (non-hydrogen) atoms. The molecule has 0 aliphatic carbocycles. The number of piperazine rings is 1. The smallest absolute Gasteiger partial charge is 0.416 e. The Morgan fingerprint density at radius 2 is 1.79 bits per heavy atom. The standard InChI is InChI=1S/C21H23F3N2O2/c1-15-6-7-19(28-2)18(12-15)20(27)26-10-8-25(9-11-26)14-16-4-3-5-17(13-16)21(22,23)24/h3-7,12-13H,8-11,14H2,1-2H3. The summed E-state index contributed by atoms with van der Waals surface area (Å²) in [5, 5.41) is 0. The number of benzene rings is 2. The molecule has 1 amide bonds. The molecule has 1 saturated heterocycles. The van der Waals surface area contributed by atoms with Crippen LogP contribution in [0.15, 0.2) is 42.5 Å². The van der Waals surface area contributed by atoms with E-state index < -0.39 is 11.7 Å². The third-order valence-electron chi connectivity index (χ3n) is 4.91. The molecule has 0 bridgehead atoms. The van der Waals surface area contributed by atoms with E-state index in [0.717, 1.165) is 11.6 Å². The summed E-state index contributed by atoms with van der Waals surface area (Å²) in [6.45, 7) is 4.61. The van der Waals surface area contributed by atoms with Crippen LogP contribution in [0.2, 0.25) is 0 Å². The van der Waals surface area contributed by atoms with E-state index in [4.69, 9.17) is 4.74 Å². The van der Waals surface area contributed by atoms with E-state index >= 15 is 0 Å². The van der Waals surface area contributed by atoms with Crippen molar-refractivity contribution < 1.29 is 22.7 Å². The van der Waals surface area contributed by atoms with Crippen LogP contribution in [-0.4, -0.2) is 49.0 Å². The highest BCUT2D eigenvalue weighted by Gasteiger charge is 2.30. The van der Waals surface area contributed by atoms with Gasteiger partial charge in [-0.1, -0.05) is 29.8 Å². The lowest BCUT2D eigenvalue weighted by Crippen LogP contribution is -2.48. The zero-order valence-corrected chi connectivity index (χ0v) is 15.9. The van der Waals surface area contributed by atoms with Crippen molar-refractivity contribution in [3.8, 4) is 5.75 Å². The van der Waals surface area contributed by atoms with Crippen LogP contribution in [0.4, 0.5) is 13.2 Å². The number of rotatable bonds is 4. The maximum Gasteiger partial charge on any atom is 0.416 e. The minimum absolute atomic E-state index is 0.0840. The van der Waals surface area contributed by atoms with Crippen LogP contribution in [0.3, 0.4) is 0 Å². The Labute approximate surface area is 162 Å². The molecule has 1 heterocycles. The molecule has 0 radical (unpaired) electrons. The number of hydrogen-bond donors (Lipinski definition) is 0. The number of hydrogen-bond acceptors (Lipinski definition) is 3. The van der Waals surface area contributed by atoms with Gasteiger partial charge in [0.15, 0.2) is 0 Å². The van der Waals surface area contributed by atoms with Crippen molar-refractivity contribution in [3.63, 3.8) is 0 Å². The first kappa shape index (κ1) is 20.2. The molecule has 2 aromatic carbocycles. The van der Waals surface area contributed by atoms with Crippen molar-refractivity contribution in [2.45, 2.75) is 19.6 Å². The van der Waals surface area contributed by atoms with Gasteiger partial charge in [0, 0.05) is 32.7 Å². The summed E-state index contributed by atoms with van der Waals surface area (Å²) < 4.78 is 43.9. The SMILES string of the molecule is COc1ccc(C)cc1C(=O)N1CCN(Cc2cccc(C(F)(F)F)c2)CC1. The Morgan fingerprint density at radius 1 is 1.07 bits per heavy atom. The van der Waals surface area contributed by atoms with Gasteiger partial charge in [0.1, 0.15) is 5.75 Å². The molecule has 1 fully saturated rings. The van der Waals surface area contributed by atoms with Crippen LogP contribution in [-0.2, 0) is 12.7 Å². The van der Waals surface area contributed by atoms with Crippen LogP contribution in [0.1, 0.15) is 27.0 Å². The van der Waals surface area contributed by atoms with Crippen LogP contribution in [0.25, 0.3) is 0 Å². The number of ether oxygens (including phenoxy) is 1. The van der Waals surface area contributed by atoms with Crippen LogP contribution < -0.4 is 4.74 Å². The number of methoxy groups -OCH3 is 1. The molecule has 0 spiro atoms. The fourth-order valence-corrected chi connectivity index (χ4v) is 3.37. The summed E-state index contributed by atoms with van der Waals surface area (Å²) in [6.07, 6.45) is -4.34. The summed E-state index contributed by atoms with van der Waals surface area (Å²) in [6, 6.07) is 10.9. The minimum atomic E-state index is -4.34. The predicted molar refractivity (Wildman–Crippen MR) is 100 cm³/mol. The zero-order chi connectivity index (χ0) is 20.3. The summed E-state index contributed by atoms with van der Waals surface area (Å²) in [5.74, 6) is 0.460. The molecule has 0 saturated carbocycles. The van der Waals surface area contributed by atoms with Gasteiger partial charge in [-0.05, 0) is 30.7 Å². The van der Waals surface area contributed by atoms with Crippen molar-refractivity contribution in [3.05, 3.63) is 64.7 Å². The number of halogens is 3. The number of aryl methyl sites for hydroxylation is 1. The number of carbonyl (C=O) groups is 1. The molecule has 7 heteroatoms. The average molecular weight is 392 g/mol. The Hall–Kier alpha value is -2.54. The van der Waals surface area contributed by atoms with Gasteiger partial charge in [-0.15, -0.1) is 0 Å². The topological polar surface area (TPSA) is 32.8 Å². The minimum Gasteiger partial charge on any atom is -0.496 e. The Balaban J connectivity index is 1.62. The second-order valence-corrected chi connectivity index (χ2v) is 6.97. The van der Waals surface area contributed by atoms with Crippen molar-refractivity contribution >= 4 is 5.91 Å². The van der Waals surface area contributed by atoms with Crippen molar-refractivity contribution in [1.82, 2.24) is 9.80 Å². The molecule has 3 rings (SSSR count). The fourth-order valence-electron chi connectivity index (χ4n) is 3.37. The molecule has 2 aromatic rings. The molecule has 0 N–H and O–H groups in total. The lowest BCUT2D eigenvalue weighted by Gasteiger charge is -2.35. The highest BCUT2D eigenvalue weighted by molar-refractivity contribution is 5.97. The summed E-state index contributed by atoms with van der Waals surface area (Å²) in [5.41, 5.74) is 1.50. The maximum absolute atomic E-state index is 12.9. The highest BCUT2D eigenvalue weighted by atomic mass is 19.4. The first-order valence-corrected chi connectivity index (χ1v) is 9.10. The van der Waals surface area contributed by atoms with Gasteiger partial charge in [-0.2, -0.15) is 13.2 Å². The first-order valence-electron chi connectivity index (χ1n) is 9.10. The lowest BCUT2D eigenvalue weighted by atomic mass is 10.1. The van der Waals surface area contributed by atoms with Gasteiger partial charge in [-0.25, -0.2) is 0 Å². The van der Waals surface area contributed by atoms with E-state index in [-0.39, 0.29) is 5.91 Å². The van der Waals surface area contributed by atoms with Gasteiger partial charge in [0.25, 0.3) is 5.91 Å². The molecular formula is C21H23F3N2O2. The zero-order valence-electron chi connectivity index (χ0n) is 15.9. The van der Waals surface area contributed by atoms with Gasteiger partial charge in [-0.3, -0.25) is 9.69 Å². The van der Waals surface area contributed by atoms with Crippen molar-refractivity contribution in [1.29, 1.82) is 0 Å². The molecule has 0 aromatic heterocycles. The highest BCUT2D eigenvalue weighted by Crippen LogP contribution is 2.30. The average Bonchev–Trinajstić information content (AvgIpc) is 2.67. The first-order chi connectivity index (χ1) is 13.3. The van der Waals surface area contributed by atoms with Gasteiger partial charge < -0.3 is 9.64 Å². The maximum atomic E-state index is 12.9. The van der Waals surface area contributed by atoms with E-state index in [9.17, 15) is 18.0 Å². The lowest BCUT2D eigenvalue weighted by molar-refractivity contribution is -0.137. The Morgan fingerprint density at radius 3 is 2.43 bits per heavy atom. The fraction of sp³-hybridized carbons (Fsp3) is 0.381.